The highest BCUT2D eigenvalue weighted by Crippen LogP contribution is 2.27. The quantitative estimate of drug-likeness (QED) is 0.682. The van der Waals surface area contributed by atoms with E-state index in [0.29, 0.717) is 16.9 Å². The molecule has 2 heterocycles. The number of aryl methyl sites for hydroxylation is 1. The fourth-order valence-electron chi connectivity index (χ4n) is 2.27. The van der Waals surface area contributed by atoms with Gasteiger partial charge in [-0.1, -0.05) is 12.1 Å². The zero-order valence-corrected chi connectivity index (χ0v) is 12.4. The molecule has 2 aromatic heterocycles. The van der Waals surface area contributed by atoms with Crippen LogP contribution in [-0.4, -0.2) is 11.0 Å². The molecule has 1 aromatic carbocycles. The highest BCUT2D eigenvalue weighted by atomic mass is 19.1. The van der Waals surface area contributed by atoms with E-state index < -0.39 is 12.1 Å². The second-order valence-electron chi connectivity index (χ2n) is 5.01. The topological polar surface area (TPSA) is 52.3 Å². The molecule has 1 atom stereocenters. The van der Waals surface area contributed by atoms with Gasteiger partial charge in [0.2, 0.25) is 0 Å². The van der Waals surface area contributed by atoms with Crippen molar-refractivity contribution in [1.29, 1.82) is 0 Å². The number of carbonyl (C=O) groups is 1. The van der Waals surface area contributed by atoms with Crippen LogP contribution in [0.25, 0.3) is 0 Å². The molecular formula is C18H14FNO3. The van der Waals surface area contributed by atoms with Crippen LogP contribution in [0.4, 0.5) is 4.39 Å². The second-order valence-corrected chi connectivity index (χ2v) is 5.01. The van der Waals surface area contributed by atoms with Gasteiger partial charge in [0, 0.05) is 18.0 Å². The summed E-state index contributed by atoms with van der Waals surface area (Å²) in [4.78, 5) is 16.3. The number of furan rings is 1. The largest absolute Gasteiger partial charge is 0.469 e. The molecule has 0 spiro atoms. The second kappa shape index (κ2) is 6.44. The van der Waals surface area contributed by atoms with Gasteiger partial charge in [-0.05, 0) is 42.8 Å². The van der Waals surface area contributed by atoms with Crippen LogP contribution in [0.5, 0.6) is 0 Å². The highest BCUT2D eigenvalue weighted by Gasteiger charge is 2.22. The number of hydrogen-bond acceptors (Lipinski definition) is 4. The number of nitrogens with zero attached hydrogens (tertiary/aromatic N) is 1. The number of halogens is 1. The Kier molecular flexibility index (Phi) is 4.19. The molecule has 0 N–H and O–H groups in total. The summed E-state index contributed by atoms with van der Waals surface area (Å²) in [6.45, 7) is 1.69. The first-order chi connectivity index (χ1) is 11.1. The number of esters is 1. The van der Waals surface area contributed by atoms with E-state index in [4.69, 9.17) is 9.15 Å². The van der Waals surface area contributed by atoms with Crippen molar-refractivity contribution in [2.24, 2.45) is 0 Å². The Labute approximate surface area is 132 Å². The molecule has 4 nitrogen and oxygen atoms in total. The molecule has 0 aliphatic rings. The van der Waals surface area contributed by atoms with E-state index in [1.54, 1.807) is 49.6 Å². The number of pyridine rings is 1. The van der Waals surface area contributed by atoms with Crippen LogP contribution in [0, 0.1) is 12.7 Å². The van der Waals surface area contributed by atoms with E-state index in [1.807, 2.05) is 0 Å². The molecule has 0 saturated carbocycles. The van der Waals surface area contributed by atoms with Gasteiger partial charge in [0.05, 0.1) is 6.26 Å². The standard InChI is InChI=1S/C18H14FNO3/c1-12-16(8-11-22-12)18(21)23-17(14-6-9-20-10-7-14)13-2-4-15(19)5-3-13/h2-11,17H,1H3/t17-/m0/s1. The van der Waals surface area contributed by atoms with Gasteiger partial charge in [-0.3, -0.25) is 4.98 Å². The molecule has 0 amide bonds. The van der Waals surface area contributed by atoms with Crippen molar-refractivity contribution in [2.75, 3.05) is 0 Å². The van der Waals surface area contributed by atoms with Crippen LogP contribution in [-0.2, 0) is 4.74 Å². The first-order valence-electron chi connectivity index (χ1n) is 7.05. The third kappa shape index (κ3) is 3.29. The molecule has 3 rings (SSSR count). The SMILES string of the molecule is Cc1occc1C(=O)O[C@H](c1ccncc1)c1ccc(F)cc1. The fourth-order valence-corrected chi connectivity index (χ4v) is 2.27. The van der Waals surface area contributed by atoms with Gasteiger partial charge in [0.25, 0.3) is 0 Å². The van der Waals surface area contributed by atoms with Crippen LogP contribution in [0.3, 0.4) is 0 Å². The summed E-state index contributed by atoms with van der Waals surface area (Å²) in [6.07, 6.45) is 4.01. The first kappa shape index (κ1) is 15.0. The maximum atomic E-state index is 13.2. The van der Waals surface area contributed by atoms with Crippen molar-refractivity contribution in [2.45, 2.75) is 13.0 Å². The molecule has 0 bridgehead atoms. The van der Waals surface area contributed by atoms with E-state index in [2.05, 4.69) is 4.98 Å². The average Bonchev–Trinajstić information content (AvgIpc) is 3.00. The number of rotatable bonds is 4. The van der Waals surface area contributed by atoms with Crippen molar-refractivity contribution >= 4 is 5.97 Å². The maximum absolute atomic E-state index is 13.2. The predicted octanol–water partition coefficient (Wildman–Crippen LogP) is 4.07. The number of aromatic nitrogens is 1. The van der Waals surface area contributed by atoms with E-state index in [0.717, 1.165) is 5.56 Å². The lowest BCUT2D eigenvalue weighted by Crippen LogP contribution is -2.13. The zero-order valence-electron chi connectivity index (χ0n) is 12.4. The van der Waals surface area contributed by atoms with Gasteiger partial charge in [-0.15, -0.1) is 0 Å². The Hall–Kier alpha value is -2.95. The van der Waals surface area contributed by atoms with E-state index in [-0.39, 0.29) is 5.82 Å². The molecule has 0 saturated heterocycles. The third-order valence-corrected chi connectivity index (χ3v) is 3.49. The van der Waals surface area contributed by atoms with E-state index in [9.17, 15) is 9.18 Å². The van der Waals surface area contributed by atoms with Crippen molar-refractivity contribution < 1.29 is 18.3 Å². The van der Waals surface area contributed by atoms with Crippen LogP contribution in [0.15, 0.2) is 65.5 Å². The zero-order chi connectivity index (χ0) is 16.2. The molecule has 3 aromatic rings. The lowest BCUT2D eigenvalue weighted by atomic mass is 10.0. The molecule has 0 radical (unpaired) electrons. The average molecular weight is 311 g/mol. The summed E-state index contributed by atoms with van der Waals surface area (Å²) in [7, 11) is 0. The first-order valence-corrected chi connectivity index (χ1v) is 7.05. The summed E-state index contributed by atoms with van der Waals surface area (Å²) < 4.78 is 23.9. The summed E-state index contributed by atoms with van der Waals surface area (Å²) >= 11 is 0. The Morgan fingerprint density at radius 1 is 1.09 bits per heavy atom. The van der Waals surface area contributed by atoms with Gasteiger partial charge >= 0.3 is 5.97 Å². The minimum absolute atomic E-state index is 0.348. The molecule has 0 fully saturated rings. The molecule has 116 valence electrons. The number of hydrogen-bond donors (Lipinski definition) is 0. The highest BCUT2D eigenvalue weighted by molar-refractivity contribution is 5.90. The van der Waals surface area contributed by atoms with Gasteiger partial charge in [-0.2, -0.15) is 0 Å². The number of benzene rings is 1. The monoisotopic (exact) mass is 311 g/mol. The minimum atomic E-state index is -0.652. The molecule has 0 unspecified atom stereocenters. The normalized spacial score (nSPS) is 11.9. The van der Waals surface area contributed by atoms with Crippen LogP contribution >= 0.6 is 0 Å². The molecule has 5 heteroatoms. The summed E-state index contributed by atoms with van der Waals surface area (Å²) in [5, 5.41) is 0. The molecule has 23 heavy (non-hydrogen) atoms. The van der Waals surface area contributed by atoms with Crippen LogP contribution in [0.2, 0.25) is 0 Å². The molecular weight excluding hydrogens is 297 g/mol. The number of ether oxygens (including phenoxy) is 1. The molecule has 0 aliphatic carbocycles. The van der Waals surface area contributed by atoms with E-state index in [1.165, 1.54) is 18.4 Å². The fraction of sp³-hybridized carbons (Fsp3) is 0.111. The number of carbonyl (C=O) groups excluding carboxylic acids is 1. The Morgan fingerprint density at radius 3 is 2.35 bits per heavy atom. The van der Waals surface area contributed by atoms with Crippen molar-refractivity contribution in [1.82, 2.24) is 4.98 Å². The van der Waals surface area contributed by atoms with Gasteiger partial charge in [0.15, 0.2) is 6.10 Å². The maximum Gasteiger partial charge on any atom is 0.342 e. The van der Waals surface area contributed by atoms with Gasteiger partial charge < -0.3 is 9.15 Å². The lowest BCUT2D eigenvalue weighted by molar-refractivity contribution is 0.0376. The summed E-state index contributed by atoms with van der Waals surface area (Å²) in [5.41, 5.74) is 1.79. The summed E-state index contributed by atoms with van der Waals surface area (Å²) in [6, 6.07) is 10.9. The van der Waals surface area contributed by atoms with Gasteiger partial charge in [0.1, 0.15) is 17.1 Å². The molecule has 0 aliphatic heterocycles. The Balaban J connectivity index is 1.94. The Bertz CT molecular complexity index is 797. The minimum Gasteiger partial charge on any atom is -0.469 e. The van der Waals surface area contributed by atoms with Crippen molar-refractivity contribution in [3.8, 4) is 0 Å². The van der Waals surface area contributed by atoms with E-state index >= 15 is 0 Å². The van der Waals surface area contributed by atoms with Crippen LogP contribution < -0.4 is 0 Å². The van der Waals surface area contributed by atoms with Crippen LogP contribution in [0.1, 0.15) is 33.3 Å². The third-order valence-electron chi connectivity index (χ3n) is 3.49. The summed E-state index contributed by atoms with van der Waals surface area (Å²) in [5.74, 6) is -0.357. The lowest BCUT2D eigenvalue weighted by Gasteiger charge is -2.18. The predicted molar refractivity (Wildman–Crippen MR) is 81.3 cm³/mol. The van der Waals surface area contributed by atoms with Crippen molar-refractivity contribution in [3.05, 3.63) is 89.4 Å². The van der Waals surface area contributed by atoms with Gasteiger partial charge in [-0.25, -0.2) is 9.18 Å². The smallest absolute Gasteiger partial charge is 0.342 e. The van der Waals surface area contributed by atoms with Crippen molar-refractivity contribution in [3.63, 3.8) is 0 Å². The Morgan fingerprint density at radius 2 is 1.74 bits per heavy atom.